The molecule has 0 amide bonds. The zero-order valence-corrected chi connectivity index (χ0v) is 21.9. The fourth-order valence-electron chi connectivity index (χ4n) is 6.28. The molecule has 0 aliphatic heterocycles. The molecule has 4 aliphatic rings. The van der Waals surface area contributed by atoms with Gasteiger partial charge in [-0.15, -0.1) is 0 Å². The van der Waals surface area contributed by atoms with Gasteiger partial charge in [-0.05, 0) is 75.0 Å². The highest BCUT2D eigenvalue weighted by Crippen LogP contribution is 2.56. The molecule has 0 saturated heterocycles. The Labute approximate surface area is 197 Å². The van der Waals surface area contributed by atoms with Gasteiger partial charge >= 0.3 is 7.82 Å². The molecule has 4 aliphatic carbocycles. The molecule has 0 aromatic carbocycles. The minimum atomic E-state index is -3.89. The van der Waals surface area contributed by atoms with E-state index < -0.39 is 7.82 Å². The van der Waals surface area contributed by atoms with Gasteiger partial charge in [0.2, 0.25) is 0 Å². The maximum atomic E-state index is 11.8. The average Bonchev–Trinajstić information content (AvgIpc) is 2.68. The van der Waals surface area contributed by atoms with Gasteiger partial charge < -0.3 is 9.38 Å². The summed E-state index contributed by atoms with van der Waals surface area (Å²) in [7, 11) is 2.18. The van der Waals surface area contributed by atoms with Crippen molar-refractivity contribution < 1.29 is 23.0 Å². The van der Waals surface area contributed by atoms with Crippen molar-refractivity contribution in [1.82, 2.24) is 0 Å². The van der Waals surface area contributed by atoms with Crippen LogP contribution in [0.5, 0.6) is 0 Å². The van der Waals surface area contributed by atoms with Crippen LogP contribution in [0.15, 0.2) is 11.6 Å². The van der Waals surface area contributed by atoms with Gasteiger partial charge in [0, 0.05) is 0 Å². The third-order valence-corrected chi connectivity index (χ3v) is 8.85. The van der Waals surface area contributed by atoms with Crippen molar-refractivity contribution in [2.75, 3.05) is 40.9 Å². The molecule has 0 spiro atoms. The van der Waals surface area contributed by atoms with Crippen LogP contribution in [0, 0.1) is 23.7 Å². The van der Waals surface area contributed by atoms with Gasteiger partial charge in [0.05, 0.1) is 27.7 Å². The first-order valence-corrected chi connectivity index (χ1v) is 14.8. The van der Waals surface area contributed by atoms with Crippen molar-refractivity contribution in [2.45, 2.75) is 89.9 Å². The Morgan fingerprint density at radius 3 is 1.88 bits per heavy atom. The van der Waals surface area contributed by atoms with E-state index in [1.165, 1.54) is 70.6 Å². The third kappa shape index (κ3) is 9.22. The van der Waals surface area contributed by atoms with E-state index in [9.17, 15) is 9.46 Å². The maximum absolute atomic E-state index is 11.8. The molecule has 4 rings (SSSR count). The Kier molecular flexibility index (Phi) is 10.3. The molecule has 186 valence electrons. The number of phosphoric ester groups is 1. The van der Waals surface area contributed by atoms with Crippen LogP contribution in [0.1, 0.15) is 89.9 Å². The van der Waals surface area contributed by atoms with Crippen LogP contribution in [-0.2, 0) is 13.6 Å². The summed E-state index contributed by atoms with van der Waals surface area (Å²) < 4.78 is 22.6. The van der Waals surface area contributed by atoms with Crippen LogP contribution in [0.25, 0.3) is 0 Å². The van der Waals surface area contributed by atoms with Gasteiger partial charge in [-0.3, -0.25) is 9.05 Å². The lowest BCUT2D eigenvalue weighted by molar-refractivity contribution is -0.870. The highest BCUT2D eigenvalue weighted by Gasteiger charge is 2.44. The molecule has 0 aromatic rings. The molecule has 4 fully saturated rings. The van der Waals surface area contributed by atoms with Gasteiger partial charge in [0.25, 0.3) is 0 Å². The van der Waals surface area contributed by atoms with Crippen LogP contribution in [0.4, 0.5) is 0 Å². The molecular weight excluding hydrogens is 421 g/mol. The predicted molar refractivity (Wildman–Crippen MR) is 131 cm³/mol. The summed E-state index contributed by atoms with van der Waals surface area (Å²) in [6.07, 6.45) is 21.2. The van der Waals surface area contributed by atoms with E-state index in [0.717, 1.165) is 36.5 Å². The zero-order valence-electron chi connectivity index (χ0n) is 21.0. The Bertz CT molecular complexity index is 612. The molecular formula is C26H49NO4P+. The molecule has 6 heteroatoms. The SMILES string of the molecule is C[N+](C)(C)CCOP(=O)(O)OCCCCCCCCCCC=C1C2CC3CC(C2)CC1C3. The van der Waals surface area contributed by atoms with E-state index >= 15 is 0 Å². The molecule has 32 heavy (non-hydrogen) atoms. The summed E-state index contributed by atoms with van der Waals surface area (Å²) in [5, 5.41) is 0. The quantitative estimate of drug-likeness (QED) is 0.118. The molecule has 5 nitrogen and oxygen atoms in total. The molecule has 0 radical (unpaired) electrons. The smallest absolute Gasteiger partial charge is 0.329 e. The molecule has 1 N–H and O–H groups in total. The van der Waals surface area contributed by atoms with E-state index in [-0.39, 0.29) is 6.61 Å². The van der Waals surface area contributed by atoms with E-state index in [1.54, 1.807) is 6.42 Å². The van der Waals surface area contributed by atoms with Crippen LogP contribution in [-0.4, -0.2) is 50.3 Å². The second kappa shape index (κ2) is 12.5. The zero-order chi connectivity index (χ0) is 23.0. The number of likely N-dealkylation sites (N-methyl/N-ethyl adjacent to an activating group) is 1. The Balaban J connectivity index is 1.12. The predicted octanol–water partition coefficient (Wildman–Crippen LogP) is 6.72. The second-order valence-electron chi connectivity index (χ2n) is 11.8. The Morgan fingerprint density at radius 2 is 1.31 bits per heavy atom. The van der Waals surface area contributed by atoms with Gasteiger partial charge in [-0.2, -0.15) is 0 Å². The van der Waals surface area contributed by atoms with Gasteiger partial charge in [-0.25, -0.2) is 4.57 Å². The van der Waals surface area contributed by atoms with Gasteiger partial charge in [0.1, 0.15) is 13.2 Å². The summed E-state index contributed by atoms with van der Waals surface area (Å²) >= 11 is 0. The lowest BCUT2D eigenvalue weighted by atomic mass is 9.54. The topological polar surface area (TPSA) is 55.8 Å². The fraction of sp³-hybridized carbons (Fsp3) is 0.923. The average molecular weight is 471 g/mol. The van der Waals surface area contributed by atoms with Crippen molar-refractivity contribution in [3.8, 4) is 0 Å². The third-order valence-electron chi connectivity index (χ3n) is 7.83. The summed E-state index contributed by atoms with van der Waals surface area (Å²) in [4.78, 5) is 9.70. The minimum Gasteiger partial charge on any atom is -0.329 e. The van der Waals surface area contributed by atoms with E-state index in [2.05, 4.69) is 6.08 Å². The Hall–Kier alpha value is -0.190. The van der Waals surface area contributed by atoms with Gasteiger partial charge in [0.15, 0.2) is 0 Å². The van der Waals surface area contributed by atoms with Crippen LogP contribution < -0.4 is 0 Å². The van der Waals surface area contributed by atoms with Crippen molar-refractivity contribution in [3.63, 3.8) is 0 Å². The number of phosphoric acid groups is 1. The second-order valence-corrected chi connectivity index (χ2v) is 13.2. The number of nitrogens with zero attached hydrogens (tertiary/aromatic N) is 1. The number of hydrogen-bond donors (Lipinski definition) is 1. The van der Waals surface area contributed by atoms with Crippen molar-refractivity contribution >= 4 is 7.82 Å². The normalized spacial score (nSPS) is 28.8. The molecule has 4 saturated carbocycles. The number of unbranched alkanes of at least 4 members (excludes halogenated alkanes) is 8. The van der Waals surface area contributed by atoms with Crippen molar-refractivity contribution in [3.05, 3.63) is 11.6 Å². The molecule has 4 bridgehead atoms. The fourth-order valence-corrected chi connectivity index (χ4v) is 7.03. The molecule has 1 unspecified atom stereocenters. The standard InChI is InChI=1S/C26H48NO4P/c1-27(2,3)14-16-31-32(28,29)30-15-12-10-8-6-4-5-7-9-11-13-26-24-18-22-17-23(20-24)21-25(26)19-22/h13,22-25H,4-12,14-21H2,1-3H3/p+1. The minimum absolute atomic E-state index is 0.233. The first kappa shape index (κ1) is 26.4. The molecule has 0 heterocycles. The number of rotatable bonds is 16. The molecule has 0 aromatic heterocycles. The monoisotopic (exact) mass is 470 g/mol. The van der Waals surface area contributed by atoms with Crippen molar-refractivity contribution in [2.24, 2.45) is 23.7 Å². The summed E-state index contributed by atoms with van der Waals surface area (Å²) in [5.74, 6) is 4.06. The Morgan fingerprint density at radius 1 is 0.812 bits per heavy atom. The van der Waals surface area contributed by atoms with E-state index in [0.29, 0.717) is 17.6 Å². The lowest BCUT2D eigenvalue weighted by Gasteiger charge is -2.51. The number of allylic oxidation sites excluding steroid dienone is 2. The van der Waals surface area contributed by atoms with Crippen LogP contribution in [0.3, 0.4) is 0 Å². The maximum Gasteiger partial charge on any atom is 0.472 e. The first-order chi connectivity index (χ1) is 15.2. The van der Waals surface area contributed by atoms with Crippen molar-refractivity contribution in [1.29, 1.82) is 0 Å². The van der Waals surface area contributed by atoms with E-state index in [4.69, 9.17) is 9.05 Å². The van der Waals surface area contributed by atoms with E-state index in [1.807, 2.05) is 26.7 Å². The summed E-state index contributed by atoms with van der Waals surface area (Å²) in [5.41, 5.74) is 1.87. The van der Waals surface area contributed by atoms with Crippen LogP contribution >= 0.6 is 7.82 Å². The molecule has 1 atom stereocenters. The number of quaternary nitrogens is 1. The lowest BCUT2D eigenvalue weighted by Crippen LogP contribution is -2.40. The summed E-state index contributed by atoms with van der Waals surface area (Å²) in [6, 6.07) is 0. The first-order valence-electron chi connectivity index (χ1n) is 13.3. The largest absolute Gasteiger partial charge is 0.472 e. The summed E-state index contributed by atoms with van der Waals surface area (Å²) in [6.45, 7) is 1.21. The van der Waals surface area contributed by atoms with Gasteiger partial charge in [-0.1, -0.05) is 50.2 Å². The highest BCUT2D eigenvalue weighted by molar-refractivity contribution is 7.47. The highest BCUT2D eigenvalue weighted by atomic mass is 31.2. The number of hydrogen-bond acceptors (Lipinski definition) is 3. The van der Waals surface area contributed by atoms with Crippen LogP contribution in [0.2, 0.25) is 0 Å².